The summed E-state index contributed by atoms with van der Waals surface area (Å²) in [6.45, 7) is 14.2. The van der Waals surface area contributed by atoms with Crippen molar-refractivity contribution in [2.24, 2.45) is 23.7 Å². The largest absolute Gasteiger partial charge is 0.237 e. The van der Waals surface area contributed by atoms with E-state index < -0.39 is 16.1 Å². The fraction of sp³-hybridized carbons (Fsp3) is 0.200. The highest BCUT2D eigenvalue weighted by atomic mass is 35.5. The molecule has 4 saturated carbocycles. The first-order valence-corrected chi connectivity index (χ1v) is 41.1. The van der Waals surface area contributed by atoms with Crippen LogP contribution in [0.15, 0.2) is 206 Å². The lowest BCUT2D eigenvalue weighted by atomic mass is 9.43. The summed E-state index contributed by atoms with van der Waals surface area (Å²) in [5.74, 6) is 6.66. The molecule has 9 aromatic carbocycles. The van der Waals surface area contributed by atoms with E-state index in [-0.39, 0.29) is 5.41 Å². The van der Waals surface area contributed by atoms with Crippen molar-refractivity contribution < 1.29 is 0 Å². The summed E-state index contributed by atoms with van der Waals surface area (Å²) in [6, 6.07) is 72.0. The zero-order valence-corrected chi connectivity index (χ0v) is 57.0. The van der Waals surface area contributed by atoms with Crippen molar-refractivity contribution in [1.29, 1.82) is 0 Å². The summed E-state index contributed by atoms with van der Waals surface area (Å²) in [4.78, 5) is 41.5. The molecule has 4 bridgehead atoms. The van der Waals surface area contributed by atoms with Gasteiger partial charge in [-0.25, -0.2) is 39.9 Å². The molecule has 4 heterocycles. The Labute approximate surface area is 558 Å². The second-order valence-corrected chi connectivity index (χ2v) is 40.4. The molecule has 0 amide bonds. The van der Waals surface area contributed by atoms with Gasteiger partial charge in [-0.2, -0.15) is 0 Å². The molecule has 8 nitrogen and oxygen atoms in total. The van der Waals surface area contributed by atoms with Gasteiger partial charge in [0.15, 0.2) is 40.8 Å². The summed E-state index contributed by atoms with van der Waals surface area (Å²) in [5, 5.41) is 6.59. The molecule has 0 saturated heterocycles. The number of aromatic nitrogens is 8. The second-order valence-electron chi connectivity index (χ2n) is 28.3. The maximum absolute atomic E-state index is 6.48. The zero-order valence-electron chi connectivity index (χ0n) is 52.7. The van der Waals surface area contributed by atoms with Gasteiger partial charge in [0, 0.05) is 80.8 Å². The SMILES string of the molecule is C[Si](C)(C)c1ccc(-c2nc(-c3ccc(Cl)cc3)nc(-c3ccc(-c4ccc5c(c4)C4(c6cc(-c7nccc(-c8nc(-c9ccc(Cl)cc9)nc(-c9ccc([Si](C)(C)C)cc9)n8)n7)ccc6-5)C5CC6CC(C5)CC4C6)c(-c4cccc5c4sc4ccccc45)c3)n2)cc1. The molecular formula is C80H66Cl2N8SSi2. The lowest BCUT2D eigenvalue weighted by Gasteiger charge is -2.61. The summed E-state index contributed by atoms with van der Waals surface area (Å²) in [7, 11) is -3.10. The van der Waals surface area contributed by atoms with Gasteiger partial charge in [-0.1, -0.05) is 194 Å². The van der Waals surface area contributed by atoms with Gasteiger partial charge in [0.25, 0.3) is 0 Å². The lowest BCUT2D eigenvalue weighted by molar-refractivity contribution is -0.0399. The van der Waals surface area contributed by atoms with Gasteiger partial charge in [-0.3, -0.25) is 0 Å². The van der Waals surface area contributed by atoms with Gasteiger partial charge in [-0.15, -0.1) is 11.3 Å². The smallest absolute Gasteiger partial charge is 0.182 e. The van der Waals surface area contributed by atoms with E-state index in [1.54, 1.807) is 0 Å². The van der Waals surface area contributed by atoms with Gasteiger partial charge in [-0.05, 0) is 174 Å². The second kappa shape index (κ2) is 22.2. The highest BCUT2D eigenvalue weighted by molar-refractivity contribution is 7.26. The van der Waals surface area contributed by atoms with Crippen molar-refractivity contribution in [3.05, 3.63) is 228 Å². The number of fused-ring (bicyclic) bond motifs is 6. The number of halogens is 2. The van der Waals surface area contributed by atoms with Crippen molar-refractivity contribution in [3.63, 3.8) is 0 Å². The molecule has 4 aromatic heterocycles. The summed E-state index contributed by atoms with van der Waals surface area (Å²) < 4.78 is 2.53. The van der Waals surface area contributed by atoms with Crippen LogP contribution in [0.5, 0.6) is 0 Å². The van der Waals surface area contributed by atoms with E-state index in [0.717, 1.165) is 50.8 Å². The fourth-order valence-corrected chi connectivity index (χ4v) is 20.0. The third-order valence-corrected chi connectivity index (χ3v) is 26.4. The third kappa shape index (κ3) is 10.1. The predicted octanol–water partition coefficient (Wildman–Crippen LogP) is 20.3. The fourth-order valence-electron chi connectivity index (χ4n) is 16.2. The number of benzene rings is 9. The standard InChI is InChI=1S/C80H66Cl2N8SSi2/c1-92(2,3)59-29-18-50(19-30-59)75-85-74(48-14-25-57(81)26-15-48)87-78(88-75)53-23-33-61(67(43-53)66-12-9-11-65-64-10-7-8-13-71(64)91-72(65)66)52-22-34-62-63-35-24-54(45-69(63)80(68(62)44-52)55-39-46-38-47(41-55)42-56(80)40-46)73-83-37-36-70(84-73)79-89-76(49-16-27-58(82)28-17-49)86-77(90-79)51-20-31-60(32-21-51)93(4,5)6/h7-37,43-47,55-56H,38-42H2,1-6H3. The van der Waals surface area contributed by atoms with Crippen LogP contribution < -0.4 is 10.4 Å². The minimum atomic E-state index is -1.56. The van der Waals surface area contributed by atoms with E-state index >= 15 is 0 Å². The molecule has 93 heavy (non-hydrogen) atoms. The highest BCUT2D eigenvalue weighted by Gasteiger charge is 2.61. The van der Waals surface area contributed by atoms with Crippen LogP contribution in [0.3, 0.4) is 0 Å². The maximum atomic E-state index is 6.48. The van der Waals surface area contributed by atoms with E-state index in [0.29, 0.717) is 68.3 Å². The zero-order chi connectivity index (χ0) is 63.1. The molecule has 0 radical (unpaired) electrons. The topological polar surface area (TPSA) is 103 Å². The first-order chi connectivity index (χ1) is 45.0. The Balaban J connectivity index is 0.807. The van der Waals surface area contributed by atoms with Crippen LogP contribution in [-0.4, -0.2) is 56.0 Å². The molecule has 13 heteroatoms. The predicted molar refractivity (Wildman–Crippen MR) is 390 cm³/mol. The molecule has 18 rings (SSSR count). The molecule has 4 fully saturated rings. The van der Waals surface area contributed by atoms with Crippen molar-refractivity contribution in [1.82, 2.24) is 39.9 Å². The Hall–Kier alpha value is -8.69. The normalized spacial score (nSPS) is 18.8. The number of hydrogen-bond donors (Lipinski definition) is 0. The highest BCUT2D eigenvalue weighted by Crippen LogP contribution is 2.70. The molecule has 5 aliphatic rings. The number of hydrogen-bond acceptors (Lipinski definition) is 9. The molecule has 0 atom stereocenters. The van der Waals surface area contributed by atoms with Crippen LogP contribution in [0, 0.1) is 23.7 Å². The molecular weight excluding hydrogens is 1230 g/mol. The number of rotatable bonds is 11. The van der Waals surface area contributed by atoms with Gasteiger partial charge in [0.05, 0.1) is 16.1 Å². The average Bonchev–Trinajstić information content (AvgIpc) is 1.56. The average molecular weight is 1300 g/mol. The Morgan fingerprint density at radius 2 is 0.806 bits per heavy atom. The van der Waals surface area contributed by atoms with Crippen LogP contribution >= 0.6 is 34.5 Å². The van der Waals surface area contributed by atoms with Crippen molar-refractivity contribution in [2.75, 3.05) is 0 Å². The summed E-state index contributed by atoms with van der Waals surface area (Å²) >= 11 is 14.8. The Bertz CT molecular complexity index is 5130. The summed E-state index contributed by atoms with van der Waals surface area (Å²) in [6.07, 6.45) is 8.19. The van der Waals surface area contributed by atoms with E-state index in [9.17, 15) is 0 Å². The van der Waals surface area contributed by atoms with E-state index in [2.05, 4.69) is 185 Å². The van der Waals surface area contributed by atoms with Crippen LogP contribution in [0.25, 0.3) is 133 Å². The first-order valence-electron chi connectivity index (χ1n) is 32.5. The number of thiophene rings is 1. The van der Waals surface area contributed by atoms with E-state index in [1.165, 1.54) is 102 Å². The summed E-state index contributed by atoms with van der Waals surface area (Å²) in [5.41, 5.74) is 16.2. The monoisotopic (exact) mass is 1300 g/mol. The minimum absolute atomic E-state index is 0.179. The quantitative estimate of drug-likeness (QED) is 0.118. The molecule has 0 unspecified atom stereocenters. The Kier molecular flexibility index (Phi) is 13.9. The Morgan fingerprint density at radius 1 is 0.366 bits per heavy atom. The Morgan fingerprint density at radius 3 is 1.34 bits per heavy atom. The van der Waals surface area contributed by atoms with Gasteiger partial charge >= 0.3 is 0 Å². The maximum Gasteiger partial charge on any atom is 0.182 e. The van der Waals surface area contributed by atoms with Crippen LogP contribution in [0.2, 0.25) is 49.3 Å². The molecule has 13 aromatic rings. The first kappa shape index (κ1) is 58.2. The minimum Gasteiger partial charge on any atom is -0.237 e. The van der Waals surface area contributed by atoms with Crippen molar-refractivity contribution in [2.45, 2.75) is 76.8 Å². The molecule has 454 valence electrons. The van der Waals surface area contributed by atoms with Crippen molar-refractivity contribution >= 4 is 81.2 Å². The van der Waals surface area contributed by atoms with Crippen LogP contribution in [0.4, 0.5) is 0 Å². The van der Waals surface area contributed by atoms with Crippen molar-refractivity contribution in [3.8, 4) is 113 Å². The van der Waals surface area contributed by atoms with E-state index in [4.69, 9.17) is 63.1 Å². The number of nitrogens with zero attached hydrogens (tertiary/aromatic N) is 8. The molecule has 0 aliphatic heterocycles. The third-order valence-electron chi connectivity index (χ3n) is 20.6. The van der Waals surface area contributed by atoms with Gasteiger partial charge in [0.1, 0.15) is 5.69 Å². The van der Waals surface area contributed by atoms with Gasteiger partial charge < -0.3 is 0 Å². The molecule has 1 spiro atoms. The van der Waals surface area contributed by atoms with Crippen LogP contribution in [0.1, 0.15) is 43.2 Å². The van der Waals surface area contributed by atoms with E-state index in [1.807, 2.05) is 72.1 Å². The lowest BCUT2D eigenvalue weighted by Crippen LogP contribution is -2.55. The molecule has 5 aliphatic carbocycles. The molecule has 0 N–H and O–H groups in total. The van der Waals surface area contributed by atoms with Crippen LogP contribution in [-0.2, 0) is 5.41 Å². The van der Waals surface area contributed by atoms with Gasteiger partial charge in [0.2, 0.25) is 0 Å².